The fourth-order valence-corrected chi connectivity index (χ4v) is 4.70. The molecule has 1 aliphatic rings. The minimum atomic E-state index is -0.343. The smallest absolute Gasteiger partial charge is 0.267 e. The third kappa shape index (κ3) is 4.43. The number of rotatable bonds is 5. The molecule has 3 aromatic rings. The second-order valence-corrected chi connectivity index (χ2v) is 8.87. The van der Waals surface area contributed by atoms with Crippen LogP contribution in [0.3, 0.4) is 0 Å². The molecule has 30 heavy (non-hydrogen) atoms. The zero-order valence-corrected chi connectivity index (χ0v) is 18.2. The second-order valence-electron chi connectivity index (χ2n) is 7.95. The molecular weight excluding hydrogens is 442 g/mol. The number of nitrogens with zero attached hydrogens (tertiary/aromatic N) is 2. The van der Waals surface area contributed by atoms with Gasteiger partial charge in [-0.05, 0) is 54.8 Å². The third-order valence-electron chi connectivity index (χ3n) is 5.89. The molecule has 2 atom stereocenters. The summed E-state index contributed by atoms with van der Waals surface area (Å²) in [4.78, 5) is 13.1. The monoisotopic (exact) mass is 465 g/mol. The van der Waals surface area contributed by atoms with E-state index in [0.29, 0.717) is 24.3 Å². The van der Waals surface area contributed by atoms with E-state index in [0.717, 1.165) is 46.6 Å². The van der Waals surface area contributed by atoms with Crippen LogP contribution >= 0.6 is 15.9 Å². The number of aromatic nitrogens is 1. The van der Waals surface area contributed by atoms with Gasteiger partial charge in [0, 0.05) is 34.4 Å². The molecule has 1 aliphatic carbocycles. The molecule has 2 N–H and O–H groups in total. The van der Waals surface area contributed by atoms with Gasteiger partial charge >= 0.3 is 0 Å². The number of amides is 1. The molecule has 1 amide bonds. The number of aliphatic hydroxyl groups is 1. The van der Waals surface area contributed by atoms with E-state index >= 15 is 0 Å². The van der Waals surface area contributed by atoms with Gasteiger partial charge in [0.15, 0.2) is 0 Å². The first-order chi connectivity index (χ1) is 14.5. The molecular formula is C24H24BrN3O2. The number of nitrogens with one attached hydrogen (secondary N) is 1. The Morgan fingerprint density at radius 2 is 2.03 bits per heavy atom. The Kier molecular flexibility index (Phi) is 6.21. The number of carbonyl (C=O) groups is 1. The molecule has 6 heteroatoms. The van der Waals surface area contributed by atoms with Crippen molar-refractivity contribution in [2.45, 2.75) is 38.3 Å². The van der Waals surface area contributed by atoms with Crippen molar-refractivity contribution in [2.75, 3.05) is 6.54 Å². The summed E-state index contributed by atoms with van der Waals surface area (Å²) in [5, 5.41) is 23.3. The summed E-state index contributed by atoms with van der Waals surface area (Å²) < 4.78 is 2.98. The Morgan fingerprint density at radius 1 is 1.20 bits per heavy atom. The minimum absolute atomic E-state index is 0.107. The zero-order valence-electron chi connectivity index (χ0n) is 16.6. The largest absolute Gasteiger partial charge is 0.393 e. The highest BCUT2D eigenvalue weighted by Crippen LogP contribution is 2.26. The lowest BCUT2D eigenvalue weighted by atomic mass is 9.86. The first kappa shape index (κ1) is 20.6. The lowest BCUT2D eigenvalue weighted by Crippen LogP contribution is -2.37. The van der Waals surface area contributed by atoms with Crippen molar-refractivity contribution >= 4 is 32.7 Å². The maximum Gasteiger partial charge on any atom is 0.267 e. The lowest BCUT2D eigenvalue weighted by Gasteiger charge is -2.27. The molecule has 1 aromatic heterocycles. The van der Waals surface area contributed by atoms with Gasteiger partial charge in [0.1, 0.15) is 5.69 Å². The van der Waals surface area contributed by atoms with Gasteiger partial charge < -0.3 is 15.0 Å². The van der Waals surface area contributed by atoms with E-state index < -0.39 is 0 Å². The fraction of sp³-hybridized carbons (Fsp3) is 0.333. The molecule has 1 fully saturated rings. The van der Waals surface area contributed by atoms with Gasteiger partial charge in [-0.2, -0.15) is 5.26 Å². The van der Waals surface area contributed by atoms with E-state index in [9.17, 15) is 15.2 Å². The molecule has 0 radical (unpaired) electrons. The first-order valence-electron chi connectivity index (χ1n) is 10.3. The molecule has 0 spiro atoms. The van der Waals surface area contributed by atoms with Crippen molar-refractivity contribution in [2.24, 2.45) is 5.92 Å². The molecule has 4 rings (SSSR count). The average molecular weight is 466 g/mol. The molecule has 0 aliphatic heterocycles. The van der Waals surface area contributed by atoms with Crippen LogP contribution in [0, 0.1) is 17.2 Å². The van der Waals surface area contributed by atoms with Gasteiger partial charge in [0.05, 0.1) is 17.7 Å². The second kappa shape index (κ2) is 9.03. The van der Waals surface area contributed by atoms with Crippen molar-refractivity contribution in [1.29, 1.82) is 5.26 Å². The summed E-state index contributed by atoms with van der Waals surface area (Å²) in [7, 11) is 0. The highest BCUT2D eigenvalue weighted by Gasteiger charge is 2.24. The van der Waals surface area contributed by atoms with Crippen molar-refractivity contribution < 1.29 is 9.90 Å². The minimum Gasteiger partial charge on any atom is -0.393 e. The summed E-state index contributed by atoms with van der Waals surface area (Å²) in [5.41, 5.74) is 3.12. The Morgan fingerprint density at radius 3 is 2.80 bits per heavy atom. The molecule has 5 nitrogen and oxygen atoms in total. The summed E-state index contributed by atoms with van der Waals surface area (Å²) in [6.45, 7) is 1.02. The summed E-state index contributed by atoms with van der Waals surface area (Å²) >= 11 is 3.51. The zero-order chi connectivity index (χ0) is 21.1. The van der Waals surface area contributed by atoms with Crippen molar-refractivity contribution in [3.8, 4) is 6.07 Å². The fourth-order valence-electron chi connectivity index (χ4n) is 4.26. The highest BCUT2D eigenvalue weighted by molar-refractivity contribution is 9.10. The van der Waals surface area contributed by atoms with Crippen LogP contribution in [0.4, 0.5) is 0 Å². The number of benzene rings is 2. The molecule has 154 valence electrons. The molecule has 0 bridgehead atoms. The first-order valence-corrected chi connectivity index (χ1v) is 11.1. The van der Waals surface area contributed by atoms with Crippen LogP contribution in [0.2, 0.25) is 0 Å². The van der Waals surface area contributed by atoms with Crippen LogP contribution in [-0.2, 0) is 6.54 Å². The number of halogens is 1. The average Bonchev–Trinajstić information content (AvgIpc) is 3.10. The van der Waals surface area contributed by atoms with Crippen LogP contribution < -0.4 is 5.32 Å². The number of nitriles is 1. The van der Waals surface area contributed by atoms with Crippen LogP contribution in [0.5, 0.6) is 0 Å². The number of fused-ring (bicyclic) bond motifs is 1. The Bertz CT molecular complexity index is 1120. The summed E-state index contributed by atoms with van der Waals surface area (Å²) in [5.74, 6) is -0.0479. The highest BCUT2D eigenvalue weighted by atomic mass is 79.9. The maximum atomic E-state index is 13.1. The molecule has 0 saturated heterocycles. The Labute approximate surface area is 184 Å². The summed E-state index contributed by atoms with van der Waals surface area (Å²) in [6.07, 6.45) is 3.55. The molecule has 2 aromatic carbocycles. The lowest BCUT2D eigenvalue weighted by molar-refractivity contribution is 0.0661. The van der Waals surface area contributed by atoms with E-state index in [2.05, 4.69) is 27.3 Å². The Balaban J connectivity index is 1.64. The van der Waals surface area contributed by atoms with Gasteiger partial charge in [-0.3, -0.25) is 4.79 Å². The van der Waals surface area contributed by atoms with E-state index in [-0.39, 0.29) is 17.9 Å². The number of aliphatic hydroxyl groups excluding tert-OH is 1. The molecule has 1 heterocycles. The van der Waals surface area contributed by atoms with Crippen molar-refractivity contribution in [3.05, 3.63) is 69.8 Å². The SMILES string of the molecule is N#Cc1ccc2c(c1)cc(C(=O)NCC1CCCCC1O)n2Cc1cccc(Br)c1. The van der Waals surface area contributed by atoms with Gasteiger partial charge in [-0.15, -0.1) is 0 Å². The van der Waals surface area contributed by atoms with Crippen LogP contribution in [0.15, 0.2) is 53.0 Å². The number of hydrogen-bond acceptors (Lipinski definition) is 3. The number of carbonyl (C=O) groups excluding carboxylic acids is 1. The predicted molar refractivity (Wildman–Crippen MR) is 120 cm³/mol. The quantitative estimate of drug-likeness (QED) is 0.577. The molecule has 1 saturated carbocycles. The topological polar surface area (TPSA) is 78.1 Å². The van der Waals surface area contributed by atoms with Crippen LogP contribution in [0.1, 0.15) is 47.3 Å². The van der Waals surface area contributed by atoms with Crippen LogP contribution in [0.25, 0.3) is 10.9 Å². The maximum absolute atomic E-state index is 13.1. The normalized spacial score (nSPS) is 18.8. The van der Waals surface area contributed by atoms with E-state index in [1.165, 1.54) is 0 Å². The van der Waals surface area contributed by atoms with E-state index in [1.807, 2.05) is 47.0 Å². The van der Waals surface area contributed by atoms with E-state index in [4.69, 9.17) is 0 Å². The standard InChI is InChI=1S/C24H24BrN3O2/c25-20-6-3-4-17(11-20)15-28-21-9-8-16(13-26)10-19(21)12-22(28)24(30)27-14-18-5-1-2-7-23(18)29/h3-4,6,8-12,18,23,29H,1-2,5,7,14-15H2,(H,27,30). The van der Waals surface area contributed by atoms with Crippen molar-refractivity contribution in [3.63, 3.8) is 0 Å². The third-order valence-corrected chi connectivity index (χ3v) is 6.38. The summed E-state index contributed by atoms with van der Waals surface area (Å²) in [6, 6.07) is 17.5. The van der Waals surface area contributed by atoms with Gasteiger partial charge in [0.25, 0.3) is 5.91 Å². The van der Waals surface area contributed by atoms with Gasteiger partial charge in [-0.25, -0.2) is 0 Å². The molecule has 2 unspecified atom stereocenters. The predicted octanol–water partition coefficient (Wildman–Crippen LogP) is 4.60. The van der Waals surface area contributed by atoms with E-state index in [1.54, 1.807) is 6.07 Å². The van der Waals surface area contributed by atoms with Gasteiger partial charge in [-0.1, -0.05) is 40.9 Å². The number of hydrogen-bond donors (Lipinski definition) is 2. The van der Waals surface area contributed by atoms with Crippen molar-refractivity contribution in [1.82, 2.24) is 9.88 Å². The van der Waals surface area contributed by atoms with Gasteiger partial charge in [0.2, 0.25) is 0 Å². The van der Waals surface area contributed by atoms with Crippen LogP contribution in [-0.4, -0.2) is 28.2 Å². The Hall–Kier alpha value is -2.62.